The molecular formula is C9H14O5. The summed E-state index contributed by atoms with van der Waals surface area (Å²) in [5, 5.41) is 8.37. The van der Waals surface area contributed by atoms with Gasteiger partial charge in [0.1, 0.15) is 12.2 Å². The summed E-state index contributed by atoms with van der Waals surface area (Å²) in [5.41, 5.74) is 0. The van der Waals surface area contributed by atoms with Crippen molar-refractivity contribution in [3.8, 4) is 0 Å². The van der Waals surface area contributed by atoms with Gasteiger partial charge in [-0.15, -0.1) is 0 Å². The van der Waals surface area contributed by atoms with Crippen LogP contribution >= 0.6 is 0 Å². The third-order valence-electron chi connectivity index (χ3n) is 1.87. The number of carbonyl (C=O) groups excluding carboxylic acids is 1. The van der Waals surface area contributed by atoms with E-state index >= 15 is 0 Å². The van der Waals surface area contributed by atoms with Gasteiger partial charge < -0.3 is 14.6 Å². The molecule has 1 aliphatic heterocycles. The van der Waals surface area contributed by atoms with Crippen molar-refractivity contribution in [2.45, 2.75) is 38.6 Å². The summed E-state index contributed by atoms with van der Waals surface area (Å²) in [6.07, 6.45) is -0.646. The fourth-order valence-electron chi connectivity index (χ4n) is 1.36. The molecule has 1 fully saturated rings. The summed E-state index contributed by atoms with van der Waals surface area (Å²) >= 11 is 0. The molecule has 14 heavy (non-hydrogen) atoms. The highest BCUT2D eigenvalue weighted by Gasteiger charge is 2.33. The van der Waals surface area contributed by atoms with Gasteiger partial charge in [-0.2, -0.15) is 0 Å². The number of Topliss-reactive ketones (excluding diaryl/α,β-unsaturated/α-hetero) is 1. The van der Waals surface area contributed by atoms with Crippen LogP contribution in [0.15, 0.2) is 0 Å². The van der Waals surface area contributed by atoms with Crippen LogP contribution in [0.5, 0.6) is 0 Å². The number of aliphatic carboxylic acids is 1. The number of carboxylic acid groups (broad SMARTS) is 1. The molecule has 1 unspecified atom stereocenters. The number of rotatable bonds is 4. The molecule has 0 radical (unpaired) electrons. The Balaban J connectivity index is 2.32. The van der Waals surface area contributed by atoms with Crippen molar-refractivity contribution in [1.29, 1.82) is 0 Å². The number of hydrogen-bond donors (Lipinski definition) is 1. The lowest BCUT2D eigenvalue weighted by Crippen LogP contribution is -2.23. The van der Waals surface area contributed by atoms with E-state index in [2.05, 4.69) is 0 Å². The minimum absolute atomic E-state index is 0.107. The topological polar surface area (TPSA) is 72.8 Å². The molecule has 1 N–H and O–H groups in total. The standard InChI is InChI=1S/C9H14O5/c1-9(2)13-5-7(14-9)3-6(10)4-8(11)12/h7H,3-5H2,1-2H3,(H,11,12). The van der Waals surface area contributed by atoms with E-state index < -0.39 is 18.2 Å². The first-order valence-corrected chi connectivity index (χ1v) is 4.44. The lowest BCUT2D eigenvalue weighted by atomic mass is 10.1. The summed E-state index contributed by atoms with van der Waals surface area (Å²) in [4.78, 5) is 21.3. The van der Waals surface area contributed by atoms with Crippen molar-refractivity contribution < 1.29 is 24.2 Å². The van der Waals surface area contributed by atoms with Gasteiger partial charge >= 0.3 is 5.97 Å². The van der Waals surface area contributed by atoms with Crippen molar-refractivity contribution >= 4 is 11.8 Å². The monoisotopic (exact) mass is 202 g/mol. The predicted octanol–water partition coefficient (Wildman–Crippen LogP) is 0.572. The highest BCUT2D eigenvalue weighted by Crippen LogP contribution is 2.24. The van der Waals surface area contributed by atoms with Gasteiger partial charge in [0, 0.05) is 6.42 Å². The lowest BCUT2D eigenvalue weighted by molar-refractivity contribution is -0.145. The average molecular weight is 202 g/mol. The summed E-state index contributed by atoms with van der Waals surface area (Å²) in [5.74, 6) is -2.09. The molecular weight excluding hydrogens is 188 g/mol. The van der Waals surface area contributed by atoms with Crippen molar-refractivity contribution in [3.63, 3.8) is 0 Å². The first-order valence-electron chi connectivity index (χ1n) is 4.44. The Morgan fingerprint density at radius 3 is 2.57 bits per heavy atom. The number of carbonyl (C=O) groups is 2. The highest BCUT2D eigenvalue weighted by molar-refractivity contribution is 5.94. The Bertz CT molecular complexity index is 246. The molecule has 0 bridgehead atoms. The summed E-state index contributed by atoms with van der Waals surface area (Å²) < 4.78 is 10.6. The Hall–Kier alpha value is -0.940. The number of hydrogen-bond acceptors (Lipinski definition) is 4. The fourth-order valence-corrected chi connectivity index (χ4v) is 1.36. The number of carboxylic acids is 1. The maximum atomic E-state index is 11.1. The molecule has 5 heteroatoms. The zero-order chi connectivity index (χ0) is 10.8. The predicted molar refractivity (Wildman–Crippen MR) is 46.8 cm³/mol. The number of ketones is 1. The maximum absolute atomic E-state index is 11.1. The maximum Gasteiger partial charge on any atom is 0.310 e. The van der Waals surface area contributed by atoms with E-state index in [1.54, 1.807) is 13.8 Å². The second-order valence-electron chi connectivity index (χ2n) is 3.76. The molecule has 80 valence electrons. The largest absolute Gasteiger partial charge is 0.481 e. The van der Waals surface area contributed by atoms with E-state index in [4.69, 9.17) is 14.6 Å². The number of ether oxygens (including phenoxy) is 2. The molecule has 0 amide bonds. The van der Waals surface area contributed by atoms with Gasteiger partial charge in [-0.25, -0.2) is 0 Å². The summed E-state index contributed by atoms with van der Waals surface area (Å²) in [7, 11) is 0. The minimum Gasteiger partial charge on any atom is -0.481 e. The Morgan fingerprint density at radius 1 is 1.50 bits per heavy atom. The van der Waals surface area contributed by atoms with E-state index in [1.807, 2.05) is 0 Å². The minimum atomic E-state index is -1.10. The first kappa shape index (κ1) is 11.1. The van der Waals surface area contributed by atoms with Crippen LogP contribution < -0.4 is 0 Å². The summed E-state index contributed by atoms with van der Waals surface area (Å²) in [6.45, 7) is 3.86. The lowest BCUT2D eigenvalue weighted by Gasteiger charge is -2.16. The van der Waals surface area contributed by atoms with Crippen LogP contribution in [0, 0.1) is 0 Å². The van der Waals surface area contributed by atoms with Gasteiger partial charge in [0.2, 0.25) is 0 Å². The van der Waals surface area contributed by atoms with Gasteiger partial charge in [0.05, 0.1) is 12.7 Å². The molecule has 1 saturated heterocycles. The van der Waals surface area contributed by atoms with E-state index in [9.17, 15) is 9.59 Å². The Labute approximate surface area is 82.0 Å². The average Bonchev–Trinajstić information content (AvgIpc) is 2.27. The molecule has 1 rings (SSSR count). The molecule has 1 atom stereocenters. The third-order valence-corrected chi connectivity index (χ3v) is 1.87. The van der Waals surface area contributed by atoms with Crippen molar-refractivity contribution in [1.82, 2.24) is 0 Å². The van der Waals surface area contributed by atoms with Gasteiger partial charge in [0.25, 0.3) is 0 Å². The Morgan fingerprint density at radius 2 is 2.14 bits per heavy atom. The van der Waals surface area contributed by atoms with Crippen molar-refractivity contribution in [2.75, 3.05) is 6.61 Å². The van der Waals surface area contributed by atoms with Crippen molar-refractivity contribution in [3.05, 3.63) is 0 Å². The van der Waals surface area contributed by atoms with E-state index in [0.29, 0.717) is 6.61 Å². The van der Waals surface area contributed by atoms with E-state index in [0.717, 1.165) is 0 Å². The molecule has 0 aromatic carbocycles. The van der Waals surface area contributed by atoms with Crippen LogP contribution in [0.25, 0.3) is 0 Å². The third kappa shape index (κ3) is 3.43. The van der Waals surface area contributed by atoms with Crippen LogP contribution in [-0.2, 0) is 19.1 Å². The highest BCUT2D eigenvalue weighted by atomic mass is 16.7. The van der Waals surface area contributed by atoms with E-state index in [1.165, 1.54) is 0 Å². The van der Waals surface area contributed by atoms with E-state index in [-0.39, 0.29) is 18.3 Å². The second kappa shape index (κ2) is 4.06. The van der Waals surface area contributed by atoms with Crippen molar-refractivity contribution in [2.24, 2.45) is 0 Å². The van der Waals surface area contributed by atoms with Gasteiger partial charge in [-0.3, -0.25) is 9.59 Å². The fraction of sp³-hybridized carbons (Fsp3) is 0.778. The molecule has 5 nitrogen and oxygen atoms in total. The molecule has 0 aromatic rings. The molecule has 1 heterocycles. The van der Waals surface area contributed by atoms with Crippen LogP contribution in [-0.4, -0.2) is 35.4 Å². The van der Waals surface area contributed by atoms with Crippen LogP contribution in [0.2, 0.25) is 0 Å². The van der Waals surface area contributed by atoms with Crippen LogP contribution in [0.3, 0.4) is 0 Å². The molecule has 0 spiro atoms. The second-order valence-corrected chi connectivity index (χ2v) is 3.76. The molecule has 1 aliphatic rings. The smallest absolute Gasteiger partial charge is 0.310 e. The van der Waals surface area contributed by atoms with Gasteiger partial charge in [-0.05, 0) is 13.8 Å². The zero-order valence-electron chi connectivity index (χ0n) is 8.28. The van der Waals surface area contributed by atoms with Gasteiger partial charge in [-0.1, -0.05) is 0 Å². The quantitative estimate of drug-likeness (QED) is 0.675. The molecule has 0 aliphatic carbocycles. The zero-order valence-corrected chi connectivity index (χ0v) is 8.28. The Kier molecular flexibility index (Phi) is 3.23. The molecule has 0 aromatic heterocycles. The van der Waals surface area contributed by atoms with Gasteiger partial charge in [0.15, 0.2) is 5.79 Å². The summed E-state index contributed by atoms with van der Waals surface area (Å²) in [6, 6.07) is 0. The van der Waals surface area contributed by atoms with Crippen LogP contribution in [0.4, 0.5) is 0 Å². The van der Waals surface area contributed by atoms with Crippen LogP contribution in [0.1, 0.15) is 26.7 Å². The molecule has 0 saturated carbocycles. The first-order chi connectivity index (χ1) is 6.39. The normalized spacial score (nSPS) is 24.9. The SMILES string of the molecule is CC1(C)OCC(CC(=O)CC(=O)O)O1.